The van der Waals surface area contributed by atoms with Gasteiger partial charge in [-0.2, -0.15) is 5.10 Å². The zero-order valence-electron chi connectivity index (χ0n) is 11.5. The topological polar surface area (TPSA) is 30.7 Å². The first-order valence-corrected chi connectivity index (χ1v) is 6.22. The van der Waals surface area contributed by atoms with Crippen molar-refractivity contribution in [3.8, 4) is 0 Å². The van der Waals surface area contributed by atoms with Gasteiger partial charge in [-0.1, -0.05) is 57.5 Å². The molecule has 0 aliphatic carbocycles. The van der Waals surface area contributed by atoms with Crippen molar-refractivity contribution >= 4 is 0 Å². The number of hydrogen-bond donors (Lipinski definition) is 0. The van der Waals surface area contributed by atoms with Crippen LogP contribution in [0, 0.1) is 6.92 Å². The van der Waals surface area contributed by atoms with Crippen LogP contribution in [-0.2, 0) is 6.54 Å². The highest BCUT2D eigenvalue weighted by atomic mass is 15.3. The number of nitrogens with zero attached hydrogens (tertiary/aromatic N) is 3. The summed E-state index contributed by atoms with van der Waals surface area (Å²) in [6.45, 7) is 10.9. The maximum Gasteiger partial charge on any atom is 0.137 e. The van der Waals surface area contributed by atoms with Crippen molar-refractivity contribution in [3.63, 3.8) is 0 Å². The van der Waals surface area contributed by atoms with Crippen LogP contribution < -0.4 is 0 Å². The molecule has 0 N–H and O–H groups in total. The first kappa shape index (κ1) is 15.4. The van der Waals surface area contributed by atoms with Crippen LogP contribution in [0.5, 0.6) is 0 Å². The van der Waals surface area contributed by atoms with Gasteiger partial charge in [-0.15, -0.1) is 0 Å². The molecule has 94 valence electrons. The van der Waals surface area contributed by atoms with Crippen molar-refractivity contribution in [1.29, 1.82) is 0 Å². The molecule has 3 heteroatoms. The van der Waals surface area contributed by atoms with Crippen molar-refractivity contribution < 1.29 is 0 Å². The van der Waals surface area contributed by atoms with Crippen molar-refractivity contribution in [1.82, 2.24) is 14.8 Å². The van der Waals surface area contributed by atoms with Crippen LogP contribution in [0.2, 0.25) is 0 Å². The minimum Gasteiger partial charge on any atom is -0.249 e. The van der Waals surface area contributed by atoms with Gasteiger partial charge in [-0.25, -0.2) is 9.67 Å². The maximum absolute atomic E-state index is 4.04. The fourth-order valence-electron chi connectivity index (χ4n) is 1.19. The third-order valence-electron chi connectivity index (χ3n) is 1.93. The SMILES string of the molecule is CC.CC.Cc1ccc(Cn2cncn2)cc1. The molecule has 0 spiro atoms. The Kier molecular flexibility index (Phi) is 8.65. The van der Waals surface area contributed by atoms with Gasteiger partial charge in [0.1, 0.15) is 12.7 Å². The lowest BCUT2D eigenvalue weighted by Crippen LogP contribution is -1.99. The van der Waals surface area contributed by atoms with Crippen LogP contribution in [0.25, 0.3) is 0 Å². The van der Waals surface area contributed by atoms with E-state index in [2.05, 4.69) is 41.3 Å². The van der Waals surface area contributed by atoms with Gasteiger partial charge in [-0.05, 0) is 12.5 Å². The second-order valence-electron chi connectivity index (χ2n) is 3.08. The first-order chi connectivity index (χ1) is 8.34. The van der Waals surface area contributed by atoms with E-state index in [1.54, 1.807) is 12.7 Å². The highest BCUT2D eigenvalue weighted by Gasteiger charge is 1.94. The highest BCUT2D eigenvalue weighted by Crippen LogP contribution is 2.03. The van der Waals surface area contributed by atoms with Crippen molar-refractivity contribution in [3.05, 3.63) is 48.0 Å². The second kappa shape index (κ2) is 9.58. The Bertz CT molecular complexity index is 363. The smallest absolute Gasteiger partial charge is 0.137 e. The number of aryl methyl sites for hydroxylation is 1. The van der Waals surface area contributed by atoms with Crippen LogP contribution in [0.15, 0.2) is 36.9 Å². The van der Waals surface area contributed by atoms with Gasteiger partial charge in [0.25, 0.3) is 0 Å². The predicted molar refractivity (Wildman–Crippen MR) is 73.0 cm³/mol. The van der Waals surface area contributed by atoms with E-state index in [4.69, 9.17) is 0 Å². The molecule has 0 aliphatic heterocycles. The zero-order chi connectivity index (χ0) is 13.1. The van der Waals surface area contributed by atoms with Gasteiger partial charge >= 0.3 is 0 Å². The average Bonchev–Trinajstić information content (AvgIpc) is 2.90. The lowest BCUT2D eigenvalue weighted by Gasteiger charge is -2.00. The van der Waals surface area contributed by atoms with Crippen LogP contribution >= 0.6 is 0 Å². The summed E-state index contributed by atoms with van der Waals surface area (Å²) in [7, 11) is 0. The molecule has 2 rings (SSSR count). The van der Waals surface area contributed by atoms with E-state index in [0.29, 0.717) is 0 Å². The summed E-state index contributed by atoms with van der Waals surface area (Å²) >= 11 is 0. The Labute approximate surface area is 105 Å². The molecule has 1 aromatic carbocycles. The van der Waals surface area contributed by atoms with Crippen LogP contribution in [-0.4, -0.2) is 14.8 Å². The third-order valence-corrected chi connectivity index (χ3v) is 1.93. The van der Waals surface area contributed by atoms with E-state index in [0.717, 1.165) is 6.54 Å². The average molecular weight is 233 g/mol. The summed E-state index contributed by atoms with van der Waals surface area (Å²) in [4.78, 5) is 3.89. The van der Waals surface area contributed by atoms with E-state index < -0.39 is 0 Å². The molecular weight excluding hydrogens is 210 g/mol. The van der Waals surface area contributed by atoms with Gasteiger partial charge in [-0.3, -0.25) is 0 Å². The van der Waals surface area contributed by atoms with Gasteiger partial charge in [0, 0.05) is 0 Å². The predicted octanol–water partition coefficient (Wildman–Crippen LogP) is 3.69. The molecule has 0 fully saturated rings. The normalized spacial score (nSPS) is 8.53. The summed E-state index contributed by atoms with van der Waals surface area (Å²) in [5, 5.41) is 4.04. The van der Waals surface area contributed by atoms with Gasteiger partial charge < -0.3 is 0 Å². The lowest BCUT2D eigenvalue weighted by molar-refractivity contribution is 0.685. The van der Waals surface area contributed by atoms with Crippen molar-refractivity contribution in [2.75, 3.05) is 0 Å². The summed E-state index contributed by atoms with van der Waals surface area (Å²) in [6.07, 6.45) is 3.27. The monoisotopic (exact) mass is 233 g/mol. The fourth-order valence-corrected chi connectivity index (χ4v) is 1.19. The first-order valence-electron chi connectivity index (χ1n) is 6.22. The summed E-state index contributed by atoms with van der Waals surface area (Å²) in [5.41, 5.74) is 2.53. The van der Waals surface area contributed by atoms with Gasteiger partial charge in [0.2, 0.25) is 0 Å². The molecule has 0 amide bonds. The number of benzene rings is 1. The van der Waals surface area contributed by atoms with Crippen molar-refractivity contribution in [2.24, 2.45) is 0 Å². The number of hydrogen-bond acceptors (Lipinski definition) is 2. The molecule has 0 radical (unpaired) electrons. The fraction of sp³-hybridized carbons (Fsp3) is 0.429. The Morgan fingerprint density at radius 2 is 1.59 bits per heavy atom. The second-order valence-corrected chi connectivity index (χ2v) is 3.08. The third kappa shape index (κ3) is 5.85. The number of aromatic nitrogens is 3. The van der Waals surface area contributed by atoms with E-state index in [9.17, 15) is 0 Å². The Morgan fingerprint density at radius 3 is 2.06 bits per heavy atom. The summed E-state index contributed by atoms with van der Waals surface area (Å²) < 4.78 is 1.81. The van der Waals surface area contributed by atoms with E-state index in [1.807, 2.05) is 32.4 Å². The Balaban J connectivity index is 0.000000581. The molecule has 2 aromatic rings. The molecule has 1 heterocycles. The Hall–Kier alpha value is -1.64. The van der Waals surface area contributed by atoms with Gasteiger partial charge in [0.05, 0.1) is 6.54 Å². The standard InChI is InChI=1S/C10H11N3.2C2H6/c1-9-2-4-10(5-3-9)6-13-8-11-7-12-13;2*1-2/h2-5,7-8H,6H2,1H3;2*1-2H3. The quantitative estimate of drug-likeness (QED) is 0.792. The van der Waals surface area contributed by atoms with Gasteiger partial charge in [0.15, 0.2) is 0 Å². The van der Waals surface area contributed by atoms with Crippen LogP contribution in [0.4, 0.5) is 0 Å². The summed E-state index contributed by atoms with van der Waals surface area (Å²) in [6, 6.07) is 8.42. The molecule has 0 saturated carbocycles. The minimum absolute atomic E-state index is 0.792. The highest BCUT2D eigenvalue weighted by molar-refractivity contribution is 5.21. The van der Waals surface area contributed by atoms with E-state index in [1.165, 1.54) is 11.1 Å². The van der Waals surface area contributed by atoms with Crippen LogP contribution in [0.1, 0.15) is 38.8 Å². The molecule has 0 aliphatic rings. The molecule has 0 atom stereocenters. The molecule has 1 aromatic heterocycles. The molecule has 0 saturated heterocycles. The lowest BCUT2D eigenvalue weighted by atomic mass is 10.1. The van der Waals surface area contributed by atoms with E-state index >= 15 is 0 Å². The Morgan fingerprint density at radius 1 is 1.00 bits per heavy atom. The maximum atomic E-state index is 4.04. The largest absolute Gasteiger partial charge is 0.249 e. The molecule has 17 heavy (non-hydrogen) atoms. The summed E-state index contributed by atoms with van der Waals surface area (Å²) in [5.74, 6) is 0. The van der Waals surface area contributed by atoms with Crippen LogP contribution in [0.3, 0.4) is 0 Å². The minimum atomic E-state index is 0.792. The molecule has 0 bridgehead atoms. The number of rotatable bonds is 2. The molecule has 3 nitrogen and oxygen atoms in total. The van der Waals surface area contributed by atoms with E-state index in [-0.39, 0.29) is 0 Å². The van der Waals surface area contributed by atoms with Crippen molar-refractivity contribution in [2.45, 2.75) is 41.2 Å². The molecule has 0 unspecified atom stereocenters. The zero-order valence-corrected chi connectivity index (χ0v) is 11.5. The molecular formula is C14H23N3.